The van der Waals surface area contributed by atoms with E-state index in [4.69, 9.17) is 0 Å². The van der Waals surface area contributed by atoms with Gasteiger partial charge in [0.2, 0.25) is 0 Å². The van der Waals surface area contributed by atoms with Gasteiger partial charge in [-0.15, -0.1) is 0 Å². The number of nitrogens with zero attached hydrogens (tertiary/aromatic N) is 3. The summed E-state index contributed by atoms with van der Waals surface area (Å²) in [6.07, 6.45) is 0.747. The third-order valence-corrected chi connectivity index (χ3v) is 4.65. The molecule has 0 unspecified atom stereocenters. The minimum Gasteiger partial charge on any atom is -0.395 e. The number of nitrogens with one attached hydrogen (secondary N) is 2. The average molecular weight is 343 g/mol. The van der Waals surface area contributed by atoms with Gasteiger partial charge in [-0.25, -0.2) is 9.48 Å². The molecule has 0 spiro atoms. The van der Waals surface area contributed by atoms with E-state index in [2.05, 4.69) is 20.6 Å². The van der Waals surface area contributed by atoms with Gasteiger partial charge in [-0.2, -0.15) is 5.10 Å². The third kappa shape index (κ3) is 3.83. The fourth-order valence-corrected chi connectivity index (χ4v) is 3.31. The van der Waals surface area contributed by atoms with Crippen molar-refractivity contribution in [3.63, 3.8) is 0 Å². The van der Waals surface area contributed by atoms with E-state index in [-0.39, 0.29) is 24.7 Å². The maximum absolute atomic E-state index is 12.4. The van der Waals surface area contributed by atoms with Crippen LogP contribution < -0.4 is 10.6 Å². The Hall–Kier alpha value is -2.38. The molecule has 7 heteroatoms. The summed E-state index contributed by atoms with van der Waals surface area (Å²) in [6, 6.07) is 9.64. The lowest BCUT2D eigenvalue weighted by Gasteiger charge is -2.15. The van der Waals surface area contributed by atoms with Crippen LogP contribution in [0.5, 0.6) is 0 Å². The van der Waals surface area contributed by atoms with Crippen LogP contribution in [-0.2, 0) is 0 Å². The fraction of sp³-hybridized carbons (Fsp3) is 0.444. The van der Waals surface area contributed by atoms with Gasteiger partial charge in [0.15, 0.2) is 0 Å². The first-order chi connectivity index (χ1) is 12.0. The lowest BCUT2D eigenvalue weighted by atomic mass is 10.2. The zero-order chi connectivity index (χ0) is 18.0. The van der Waals surface area contributed by atoms with Gasteiger partial charge in [0.25, 0.3) is 0 Å². The summed E-state index contributed by atoms with van der Waals surface area (Å²) in [6.45, 7) is 4.75. The van der Waals surface area contributed by atoms with Gasteiger partial charge >= 0.3 is 6.03 Å². The topological polar surface area (TPSA) is 82.4 Å². The number of aliphatic hydroxyl groups excluding tert-OH is 1. The van der Waals surface area contributed by atoms with Crippen molar-refractivity contribution in [1.29, 1.82) is 0 Å². The molecule has 1 saturated heterocycles. The molecule has 1 aliphatic rings. The van der Waals surface area contributed by atoms with E-state index < -0.39 is 0 Å². The van der Waals surface area contributed by atoms with Crippen molar-refractivity contribution in [3.05, 3.63) is 41.6 Å². The zero-order valence-electron chi connectivity index (χ0n) is 14.9. The Labute approximate surface area is 147 Å². The highest BCUT2D eigenvalue weighted by Crippen LogP contribution is 2.20. The molecule has 2 atom stereocenters. The van der Waals surface area contributed by atoms with Crippen molar-refractivity contribution in [2.75, 3.05) is 25.5 Å². The smallest absolute Gasteiger partial charge is 0.320 e. The van der Waals surface area contributed by atoms with Crippen molar-refractivity contribution in [2.45, 2.75) is 32.4 Å². The van der Waals surface area contributed by atoms with Crippen LogP contribution in [0, 0.1) is 13.8 Å². The molecule has 0 radical (unpaired) electrons. The van der Waals surface area contributed by atoms with E-state index in [0.29, 0.717) is 5.82 Å². The first-order valence-corrected chi connectivity index (χ1v) is 8.49. The molecule has 25 heavy (non-hydrogen) atoms. The number of benzene rings is 1. The maximum atomic E-state index is 12.4. The number of para-hydroxylation sites is 1. The molecule has 0 saturated carbocycles. The van der Waals surface area contributed by atoms with Crippen LogP contribution in [0.1, 0.15) is 17.7 Å². The van der Waals surface area contributed by atoms with E-state index >= 15 is 0 Å². The molecule has 1 aromatic heterocycles. The number of hydrogen-bond acceptors (Lipinski definition) is 4. The Bertz CT molecular complexity index is 758. The Morgan fingerprint density at radius 3 is 2.80 bits per heavy atom. The summed E-state index contributed by atoms with van der Waals surface area (Å²) >= 11 is 0. The predicted octanol–water partition coefficient (Wildman–Crippen LogP) is 1.68. The van der Waals surface area contributed by atoms with E-state index in [1.165, 1.54) is 0 Å². The number of rotatable bonds is 4. The molecule has 2 amide bonds. The molecule has 0 bridgehead atoms. The summed E-state index contributed by atoms with van der Waals surface area (Å²) in [4.78, 5) is 14.5. The molecule has 2 heterocycles. The van der Waals surface area contributed by atoms with Gasteiger partial charge in [0.05, 0.1) is 18.0 Å². The SMILES string of the molecule is Cc1cc(NC(=O)N[C@@H]2C[C@@H](CO)N(C)C2)n(-c2ccccc2C)n1. The minimum absolute atomic E-state index is 0.0260. The highest BCUT2D eigenvalue weighted by atomic mass is 16.3. The number of aryl methyl sites for hydroxylation is 2. The molecule has 7 nitrogen and oxygen atoms in total. The molecular weight excluding hydrogens is 318 g/mol. The number of hydrogen-bond donors (Lipinski definition) is 3. The number of carbonyl (C=O) groups excluding carboxylic acids is 1. The van der Waals surface area contributed by atoms with Crippen molar-refractivity contribution >= 4 is 11.8 Å². The number of likely N-dealkylation sites (tertiary alicyclic amines) is 1. The number of anilines is 1. The lowest BCUT2D eigenvalue weighted by Crippen LogP contribution is -2.39. The summed E-state index contributed by atoms with van der Waals surface area (Å²) in [5, 5.41) is 19.7. The largest absolute Gasteiger partial charge is 0.395 e. The highest BCUT2D eigenvalue weighted by Gasteiger charge is 2.30. The predicted molar refractivity (Wildman–Crippen MR) is 97.1 cm³/mol. The molecule has 0 aliphatic carbocycles. The molecule has 1 fully saturated rings. The van der Waals surface area contributed by atoms with Crippen LogP contribution in [0.15, 0.2) is 30.3 Å². The number of urea groups is 1. The fourth-order valence-electron chi connectivity index (χ4n) is 3.31. The monoisotopic (exact) mass is 343 g/mol. The second kappa shape index (κ2) is 7.25. The van der Waals surface area contributed by atoms with Gasteiger partial charge < -0.3 is 10.4 Å². The van der Waals surface area contributed by atoms with Crippen LogP contribution in [-0.4, -0.2) is 58.1 Å². The van der Waals surface area contributed by atoms with E-state index in [1.807, 2.05) is 51.2 Å². The van der Waals surface area contributed by atoms with Gasteiger partial charge in [-0.05, 0) is 38.9 Å². The second-order valence-electron chi connectivity index (χ2n) is 6.68. The molecule has 2 aromatic rings. The van der Waals surface area contributed by atoms with E-state index in [0.717, 1.165) is 29.9 Å². The van der Waals surface area contributed by atoms with Crippen LogP contribution in [0.25, 0.3) is 5.69 Å². The summed E-state index contributed by atoms with van der Waals surface area (Å²) in [5.41, 5.74) is 2.85. The van der Waals surface area contributed by atoms with Crippen molar-refractivity contribution in [2.24, 2.45) is 0 Å². The molecule has 3 rings (SSSR count). The van der Waals surface area contributed by atoms with Crippen LogP contribution in [0.3, 0.4) is 0 Å². The normalized spacial score (nSPS) is 20.6. The van der Waals surface area contributed by atoms with Gasteiger partial charge in [-0.3, -0.25) is 10.2 Å². The van der Waals surface area contributed by atoms with Gasteiger partial charge in [0.1, 0.15) is 5.82 Å². The van der Waals surface area contributed by atoms with Crippen LogP contribution in [0.4, 0.5) is 10.6 Å². The van der Waals surface area contributed by atoms with Gasteiger partial charge in [0, 0.05) is 24.7 Å². The summed E-state index contributed by atoms with van der Waals surface area (Å²) in [7, 11) is 1.96. The van der Waals surface area contributed by atoms with Crippen LogP contribution >= 0.6 is 0 Å². The number of carbonyl (C=O) groups is 1. The first-order valence-electron chi connectivity index (χ1n) is 8.49. The number of amides is 2. The molecule has 1 aliphatic heterocycles. The average Bonchev–Trinajstić information content (AvgIpc) is 3.09. The highest BCUT2D eigenvalue weighted by molar-refractivity contribution is 5.89. The molecule has 134 valence electrons. The van der Waals surface area contributed by atoms with Crippen molar-refractivity contribution in [3.8, 4) is 5.69 Å². The number of aliphatic hydroxyl groups is 1. The number of likely N-dealkylation sites (N-methyl/N-ethyl adjacent to an activating group) is 1. The second-order valence-corrected chi connectivity index (χ2v) is 6.68. The van der Waals surface area contributed by atoms with E-state index in [1.54, 1.807) is 4.68 Å². The Kier molecular flexibility index (Phi) is 5.06. The van der Waals surface area contributed by atoms with Gasteiger partial charge in [-0.1, -0.05) is 18.2 Å². The third-order valence-electron chi connectivity index (χ3n) is 4.65. The Balaban J connectivity index is 1.71. The zero-order valence-corrected chi connectivity index (χ0v) is 14.9. The Morgan fingerprint density at radius 2 is 2.12 bits per heavy atom. The lowest BCUT2D eigenvalue weighted by molar-refractivity contribution is 0.182. The quantitative estimate of drug-likeness (QED) is 0.789. The minimum atomic E-state index is -0.258. The summed E-state index contributed by atoms with van der Waals surface area (Å²) in [5.74, 6) is 0.634. The van der Waals surface area contributed by atoms with Crippen LogP contribution in [0.2, 0.25) is 0 Å². The molecular formula is C18H25N5O2. The first kappa shape index (κ1) is 17.4. The summed E-state index contributed by atoms with van der Waals surface area (Å²) < 4.78 is 1.75. The maximum Gasteiger partial charge on any atom is 0.320 e. The number of aromatic nitrogens is 2. The van der Waals surface area contributed by atoms with E-state index in [9.17, 15) is 9.90 Å². The van der Waals surface area contributed by atoms with Crippen molar-refractivity contribution < 1.29 is 9.90 Å². The molecule has 1 aromatic carbocycles. The Morgan fingerprint density at radius 1 is 1.36 bits per heavy atom. The standard InChI is InChI=1S/C18H25N5O2/c1-12-6-4-5-7-16(12)23-17(8-13(2)21-23)20-18(25)19-14-9-15(11-24)22(3)10-14/h4-8,14-15,24H,9-11H2,1-3H3,(H2,19,20,25)/t14-,15+/m1/s1. The molecule has 3 N–H and O–H groups in total. The van der Waals surface area contributed by atoms with Crippen molar-refractivity contribution in [1.82, 2.24) is 20.0 Å².